The number of hydrogen-bond donors (Lipinski definition) is 0. The van der Waals surface area contributed by atoms with Crippen LogP contribution in [0.1, 0.15) is 19.5 Å². The van der Waals surface area contributed by atoms with Crippen LogP contribution < -0.4 is 0 Å². The van der Waals surface area contributed by atoms with Gasteiger partial charge in [-0.2, -0.15) is 0 Å². The molecule has 1 aromatic carbocycles. The van der Waals surface area contributed by atoms with Crippen molar-refractivity contribution in [3.05, 3.63) is 54.4 Å². The Bertz CT molecular complexity index is 797. The summed E-state index contributed by atoms with van der Waals surface area (Å²) in [7, 11) is 0. The van der Waals surface area contributed by atoms with Gasteiger partial charge in [0.15, 0.2) is 0 Å². The molecule has 0 saturated carbocycles. The van der Waals surface area contributed by atoms with E-state index < -0.39 is 0 Å². The van der Waals surface area contributed by atoms with Crippen LogP contribution in [0.5, 0.6) is 0 Å². The minimum Gasteiger partial charge on any atom is -0.333 e. The maximum Gasteiger partial charge on any atom is 0.244 e. The summed E-state index contributed by atoms with van der Waals surface area (Å²) in [5, 5.41) is 8.18. The number of pyridine rings is 1. The van der Waals surface area contributed by atoms with E-state index in [-0.39, 0.29) is 18.5 Å². The molecule has 0 radical (unpaired) electrons. The molecule has 3 aromatic rings. The molecule has 1 amide bonds. The van der Waals surface area contributed by atoms with Crippen molar-refractivity contribution >= 4 is 16.9 Å². The minimum absolute atomic E-state index is 0.00121. The van der Waals surface area contributed by atoms with E-state index in [4.69, 9.17) is 0 Å². The van der Waals surface area contributed by atoms with Crippen LogP contribution in [0.3, 0.4) is 0 Å². The number of aromatic nitrogens is 4. The van der Waals surface area contributed by atoms with E-state index in [2.05, 4.69) is 15.3 Å². The number of fused-ring (bicyclic) bond motifs is 1. The highest BCUT2D eigenvalue weighted by Crippen LogP contribution is 2.12. The largest absolute Gasteiger partial charge is 0.333 e. The zero-order valence-corrected chi connectivity index (χ0v) is 13.3. The van der Waals surface area contributed by atoms with Gasteiger partial charge in [0, 0.05) is 12.2 Å². The lowest BCUT2D eigenvalue weighted by molar-refractivity contribution is -0.134. The van der Waals surface area contributed by atoms with Crippen molar-refractivity contribution in [1.82, 2.24) is 24.9 Å². The fourth-order valence-corrected chi connectivity index (χ4v) is 2.48. The molecule has 6 nitrogen and oxygen atoms in total. The first-order valence-electron chi connectivity index (χ1n) is 7.63. The number of carbonyl (C=O) groups is 1. The molecular weight excluding hydrogens is 290 g/mol. The number of benzene rings is 1. The SMILES string of the molecule is CC(C)N(Cc1ccccn1)C(=O)Cn1nnc2ccccc21. The van der Waals surface area contributed by atoms with Crippen LogP contribution in [0.4, 0.5) is 0 Å². The van der Waals surface area contributed by atoms with Gasteiger partial charge in [0.25, 0.3) is 0 Å². The predicted molar refractivity (Wildman–Crippen MR) is 87.5 cm³/mol. The van der Waals surface area contributed by atoms with Crippen LogP contribution >= 0.6 is 0 Å². The summed E-state index contributed by atoms with van der Waals surface area (Å²) in [5.74, 6) is 0.00121. The van der Waals surface area contributed by atoms with Gasteiger partial charge in [0.05, 0.1) is 17.8 Å². The zero-order valence-electron chi connectivity index (χ0n) is 13.3. The highest BCUT2D eigenvalue weighted by molar-refractivity contribution is 5.80. The second-order valence-electron chi connectivity index (χ2n) is 5.67. The zero-order chi connectivity index (χ0) is 16.2. The molecule has 0 saturated heterocycles. The molecule has 0 N–H and O–H groups in total. The molecule has 0 atom stereocenters. The summed E-state index contributed by atoms with van der Waals surface area (Å²) in [5.41, 5.74) is 2.53. The predicted octanol–water partition coefficient (Wildman–Crippen LogP) is 2.26. The first-order chi connectivity index (χ1) is 11.1. The van der Waals surface area contributed by atoms with Crippen molar-refractivity contribution in [2.24, 2.45) is 0 Å². The number of hydrogen-bond acceptors (Lipinski definition) is 4. The first-order valence-corrected chi connectivity index (χ1v) is 7.63. The van der Waals surface area contributed by atoms with Gasteiger partial charge in [-0.3, -0.25) is 9.78 Å². The van der Waals surface area contributed by atoms with Gasteiger partial charge in [-0.1, -0.05) is 23.4 Å². The lowest BCUT2D eigenvalue weighted by atomic mass is 10.2. The molecule has 2 aromatic heterocycles. The summed E-state index contributed by atoms with van der Waals surface area (Å²) in [6.45, 7) is 4.66. The van der Waals surface area contributed by atoms with E-state index in [0.717, 1.165) is 16.7 Å². The number of rotatable bonds is 5. The third-order valence-electron chi connectivity index (χ3n) is 3.71. The second kappa shape index (κ2) is 6.56. The fourth-order valence-electron chi connectivity index (χ4n) is 2.48. The summed E-state index contributed by atoms with van der Waals surface area (Å²) >= 11 is 0. The second-order valence-corrected chi connectivity index (χ2v) is 5.67. The lowest BCUT2D eigenvalue weighted by Gasteiger charge is -2.26. The van der Waals surface area contributed by atoms with Gasteiger partial charge in [0.1, 0.15) is 12.1 Å². The lowest BCUT2D eigenvalue weighted by Crippen LogP contribution is -2.39. The van der Waals surface area contributed by atoms with E-state index in [1.807, 2.05) is 56.3 Å². The highest BCUT2D eigenvalue weighted by Gasteiger charge is 2.19. The maximum absolute atomic E-state index is 12.7. The smallest absolute Gasteiger partial charge is 0.244 e. The van der Waals surface area contributed by atoms with Gasteiger partial charge in [0.2, 0.25) is 5.91 Å². The number of amides is 1. The van der Waals surface area contributed by atoms with Crippen LogP contribution in [0, 0.1) is 0 Å². The molecule has 3 rings (SSSR count). The molecule has 0 fully saturated rings. The Morgan fingerprint density at radius 2 is 1.96 bits per heavy atom. The molecule has 0 aliphatic rings. The molecule has 23 heavy (non-hydrogen) atoms. The molecule has 0 spiro atoms. The van der Waals surface area contributed by atoms with Gasteiger partial charge in [-0.05, 0) is 38.1 Å². The number of carbonyl (C=O) groups excluding carboxylic acids is 1. The van der Waals surface area contributed by atoms with Gasteiger partial charge >= 0.3 is 0 Å². The van der Waals surface area contributed by atoms with E-state index >= 15 is 0 Å². The average Bonchev–Trinajstić information content (AvgIpc) is 2.96. The molecular formula is C17H19N5O. The Kier molecular flexibility index (Phi) is 4.32. The van der Waals surface area contributed by atoms with Crippen LogP contribution in [-0.4, -0.2) is 36.8 Å². The summed E-state index contributed by atoms with van der Waals surface area (Å²) < 4.78 is 1.64. The monoisotopic (exact) mass is 309 g/mol. The van der Waals surface area contributed by atoms with Gasteiger partial charge in [-0.25, -0.2) is 4.68 Å². The number of para-hydroxylation sites is 1. The normalized spacial score (nSPS) is 11.1. The van der Waals surface area contributed by atoms with Crippen LogP contribution in [0.25, 0.3) is 11.0 Å². The van der Waals surface area contributed by atoms with Crippen LogP contribution in [0.15, 0.2) is 48.7 Å². The quantitative estimate of drug-likeness (QED) is 0.725. The molecule has 2 heterocycles. The van der Waals surface area contributed by atoms with Crippen molar-refractivity contribution in [2.75, 3.05) is 0 Å². The summed E-state index contributed by atoms with van der Waals surface area (Å²) in [4.78, 5) is 18.8. The van der Waals surface area contributed by atoms with Crippen molar-refractivity contribution in [3.63, 3.8) is 0 Å². The molecule has 0 aliphatic heterocycles. The Morgan fingerprint density at radius 3 is 2.70 bits per heavy atom. The molecule has 0 aliphatic carbocycles. The molecule has 0 unspecified atom stereocenters. The fraction of sp³-hybridized carbons (Fsp3) is 0.294. The molecule has 118 valence electrons. The van der Waals surface area contributed by atoms with Gasteiger partial charge < -0.3 is 4.90 Å². The first kappa shape index (κ1) is 15.1. The Labute approximate surface area is 134 Å². The van der Waals surface area contributed by atoms with E-state index in [1.54, 1.807) is 15.8 Å². The van der Waals surface area contributed by atoms with Crippen LogP contribution in [-0.2, 0) is 17.9 Å². The number of nitrogens with zero attached hydrogens (tertiary/aromatic N) is 5. The van der Waals surface area contributed by atoms with E-state index in [0.29, 0.717) is 6.54 Å². The van der Waals surface area contributed by atoms with Gasteiger partial charge in [-0.15, -0.1) is 5.10 Å². The third-order valence-corrected chi connectivity index (χ3v) is 3.71. The molecule has 6 heteroatoms. The van der Waals surface area contributed by atoms with Crippen molar-refractivity contribution < 1.29 is 4.79 Å². The van der Waals surface area contributed by atoms with Crippen molar-refractivity contribution in [2.45, 2.75) is 33.0 Å². The minimum atomic E-state index is 0.00121. The summed E-state index contributed by atoms with van der Waals surface area (Å²) in [6.07, 6.45) is 1.74. The van der Waals surface area contributed by atoms with Crippen molar-refractivity contribution in [3.8, 4) is 0 Å². The molecule has 0 bridgehead atoms. The standard InChI is InChI=1S/C17H19N5O/c1-13(2)21(11-14-7-5-6-10-18-14)17(23)12-22-16-9-4-3-8-15(16)19-20-22/h3-10,13H,11-12H2,1-2H3. The Hall–Kier alpha value is -2.76. The van der Waals surface area contributed by atoms with E-state index in [9.17, 15) is 4.79 Å². The Morgan fingerprint density at radius 1 is 1.17 bits per heavy atom. The third kappa shape index (κ3) is 3.36. The maximum atomic E-state index is 12.7. The highest BCUT2D eigenvalue weighted by atomic mass is 16.2. The topological polar surface area (TPSA) is 63.9 Å². The van der Waals surface area contributed by atoms with Crippen molar-refractivity contribution in [1.29, 1.82) is 0 Å². The Balaban J connectivity index is 1.79. The van der Waals surface area contributed by atoms with E-state index in [1.165, 1.54) is 0 Å². The average molecular weight is 309 g/mol. The van der Waals surface area contributed by atoms with Crippen LogP contribution in [0.2, 0.25) is 0 Å². The summed E-state index contributed by atoms with van der Waals surface area (Å²) in [6, 6.07) is 13.4.